The van der Waals surface area contributed by atoms with Crippen LogP contribution in [0.15, 0.2) is 30.3 Å². The second-order valence-corrected chi connectivity index (χ2v) is 5.68. The summed E-state index contributed by atoms with van der Waals surface area (Å²) < 4.78 is 0. The van der Waals surface area contributed by atoms with Crippen LogP contribution in [0.1, 0.15) is 25.8 Å². The van der Waals surface area contributed by atoms with Gasteiger partial charge in [0.05, 0.1) is 5.25 Å². The number of carbonyl (C=O) groups excluding carboxylic acids is 1. The highest BCUT2D eigenvalue weighted by Crippen LogP contribution is 2.12. The van der Waals surface area contributed by atoms with Crippen LogP contribution in [0.4, 0.5) is 0 Å². The minimum atomic E-state index is -0.399. The molecule has 0 aromatic heterocycles. The Labute approximate surface area is 114 Å². The average molecular weight is 267 g/mol. The van der Waals surface area contributed by atoms with Crippen molar-refractivity contribution in [2.75, 3.05) is 6.61 Å². The predicted octanol–water partition coefficient (Wildman–Crippen LogP) is 1.80. The smallest absolute Gasteiger partial charge is 0.233 e. The number of nitrogens with one attached hydrogen (secondary N) is 1. The molecule has 0 radical (unpaired) electrons. The molecular weight excluding hydrogens is 246 g/mol. The zero-order valence-electron chi connectivity index (χ0n) is 10.9. The van der Waals surface area contributed by atoms with Gasteiger partial charge < -0.3 is 10.4 Å². The van der Waals surface area contributed by atoms with E-state index >= 15 is 0 Å². The maximum absolute atomic E-state index is 12.0. The molecule has 0 saturated carbocycles. The van der Waals surface area contributed by atoms with Crippen LogP contribution in [-0.2, 0) is 11.2 Å². The van der Waals surface area contributed by atoms with Crippen molar-refractivity contribution in [2.24, 2.45) is 0 Å². The number of aliphatic hydroxyl groups excluding tert-OH is 1. The van der Waals surface area contributed by atoms with Crippen molar-refractivity contribution in [2.45, 2.75) is 37.5 Å². The number of thiol groups is 1. The van der Waals surface area contributed by atoms with Crippen molar-refractivity contribution in [1.29, 1.82) is 0 Å². The lowest BCUT2D eigenvalue weighted by atomic mass is 10.0. The fourth-order valence-corrected chi connectivity index (χ4v) is 1.96. The summed E-state index contributed by atoms with van der Waals surface area (Å²) in [4.78, 5) is 12.0. The Morgan fingerprint density at radius 1 is 1.39 bits per heavy atom. The van der Waals surface area contributed by atoms with E-state index in [1.807, 2.05) is 44.2 Å². The Balaban J connectivity index is 2.52. The Bertz CT molecular complexity index is 379. The van der Waals surface area contributed by atoms with Crippen LogP contribution in [-0.4, -0.2) is 28.4 Å². The second-order valence-electron chi connectivity index (χ2n) is 5.05. The SMILES string of the molecule is CC(C)(CCO)NC(=O)C(S)Cc1ccccc1. The minimum Gasteiger partial charge on any atom is -0.396 e. The Hall–Kier alpha value is -1.00. The number of hydrogen-bond donors (Lipinski definition) is 3. The molecule has 1 rings (SSSR count). The van der Waals surface area contributed by atoms with Gasteiger partial charge in [0.1, 0.15) is 0 Å². The third-order valence-electron chi connectivity index (χ3n) is 2.77. The van der Waals surface area contributed by atoms with Crippen LogP contribution < -0.4 is 5.32 Å². The van der Waals surface area contributed by atoms with Gasteiger partial charge in [-0.3, -0.25) is 4.79 Å². The first kappa shape index (κ1) is 15.1. The van der Waals surface area contributed by atoms with Crippen LogP contribution in [0.5, 0.6) is 0 Å². The summed E-state index contributed by atoms with van der Waals surface area (Å²) in [6.07, 6.45) is 1.13. The molecular formula is C14H21NO2S. The quantitative estimate of drug-likeness (QED) is 0.688. The van der Waals surface area contributed by atoms with E-state index < -0.39 is 5.54 Å². The lowest BCUT2D eigenvalue weighted by Gasteiger charge is -2.27. The average Bonchev–Trinajstić information content (AvgIpc) is 2.29. The third-order valence-corrected chi connectivity index (χ3v) is 3.19. The third kappa shape index (κ3) is 5.10. The topological polar surface area (TPSA) is 49.3 Å². The van der Waals surface area contributed by atoms with Gasteiger partial charge in [0.15, 0.2) is 0 Å². The molecule has 1 amide bonds. The molecule has 1 aromatic carbocycles. The van der Waals surface area contributed by atoms with Gasteiger partial charge in [0.2, 0.25) is 5.91 Å². The molecule has 100 valence electrons. The first-order valence-electron chi connectivity index (χ1n) is 6.09. The molecule has 18 heavy (non-hydrogen) atoms. The largest absolute Gasteiger partial charge is 0.396 e. The summed E-state index contributed by atoms with van der Waals surface area (Å²) in [5.74, 6) is -0.0966. The van der Waals surface area contributed by atoms with Crippen LogP contribution in [0.25, 0.3) is 0 Å². The summed E-state index contributed by atoms with van der Waals surface area (Å²) in [6.45, 7) is 3.84. The zero-order valence-corrected chi connectivity index (χ0v) is 11.8. The van der Waals surface area contributed by atoms with Gasteiger partial charge in [-0.05, 0) is 32.3 Å². The fraction of sp³-hybridized carbons (Fsp3) is 0.500. The first-order valence-corrected chi connectivity index (χ1v) is 6.61. The number of rotatable bonds is 6. The number of benzene rings is 1. The molecule has 0 saturated heterocycles. The molecule has 0 heterocycles. The van der Waals surface area contributed by atoms with Crippen molar-refractivity contribution in [3.8, 4) is 0 Å². The van der Waals surface area contributed by atoms with E-state index in [4.69, 9.17) is 5.11 Å². The van der Waals surface area contributed by atoms with Crippen LogP contribution in [0, 0.1) is 0 Å². The van der Waals surface area contributed by atoms with Crippen LogP contribution in [0.2, 0.25) is 0 Å². The van der Waals surface area contributed by atoms with E-state index in [1.54, 1.807) is 0 Å². The highest BCUT2D eigenvalue weighted by Gasteiger charge is 2.23. The van der Waals surface area contributed by atoms with Crippen LogP contribution in [0.3, 0.4) is 0 Å². The molecule has 0 aliphatic carbocycles. The van der Waals surface area contributed by atoms with E-state index in [2.05, 4.69) is 17.9 Å². The van der Waals surface area contributed by atoms with E-state index in [0.29, 0.717) is 12.8 Å². The van der Waals surface area contributed by atoms with E-state index in [9.17, 15) is 4.79 Å². The Kier molecular flexibility index (Phi) is 5.69. The van der Waals surface area contributed by atoms with Crippen molar-refractivity contribution in [3.63, 3.8) is 0 Å². The van der Waals surface area contributed by atoms with Gasteiger partial charge in [0.25, 0.3) is 0 Å². The first-order chi connectivity index (χ1) is 8.44. The number of hydrogen-bond acceptors (Lipinski definition) is 3. The number of aliphatic hydroxyl groups is 1. The second kappa shape index (κ2) is 6.81. The molecule has 0 fully saturated rings. The lowest BCUT2D eigenvalue weighted by molar-refractivity contribution is -0.122. The molecule has 2 N–H and O–H groups in total. The minimum absolute atomic E-state index is 0.0587. The standard InChI is InChI=1S/C14H21NO2S/c1-14(2,8-9-16)15-13(17)12(18)10-11-6-4-3-5-7-11/h3-7,12,16,18H,8-10H2,1-2H3,(H,15,17). The summed E-state index contributed by atoms with van der Waals surface area (Å²) in [6, 6.07) is 9.80. The Morgan fingerprint density at radius 3 is 2.56 bits per heavy atom. The van der Waals surface area contributed by atoms with Crippen molar-refractivity contribution >= 4 is 18.5 Å². The molecule has 0 aliphatic heterocycles. The van der Waals surface area contributed by atoms with Gasteiger partial charge in [0, 0.05) is 12.1 Å². The highest BCUT2D eigenvalue weighted by molar-refractivity contribution is 7.81. The predicted molar refractivity (Wildman–Crippen MR) is 76.8 cm³/mol. The van der Waals surface area contributed by atoms with Crippen LogP contribution >= 0.6 is 12.6 Å². The lowest BCUT2D eigenvalue weighted by Crippen LogP contribution is -2.47. The molecule has 3 nitrogen and oxygen atoms in total. The molecule has 1 unspecified atom stereocenters. The molecule has 0 spiro atoms. The highest BCUT2D eigenvalue weighted by atomic mass is 32.1. The number of carbonyl (C=O) groups is 1. The molecule has 0 aliphatic rings. The molecule has 1 atom stereocenters. The van der Waals surface area contributed by atoms with E-state index in [1.165, 1.54) is 0 Å². The van der Waals surface area contributed by atoms with Crippen molar-refractivity contribution < 1.29 is 9.90 Å². The van der Waals surface area contributed by atoms with Gasteiger partial charge in [-0.1, -0.05) is 30.3 Å². The van der Waals surface area contributed by atoms with Gasteiger partial charge in [-0.25, -0.2) is 0 Å². The van der Waals surface area contributed by atoms with Gasteiger partial charge >= 0.3 is 0 Å². The van der Waals surface area contributed by atoms with Crippen molar-refractivity contribution in [1.82, 2.24) is 5.32 Å². The van der Waals surface area contributed by atoms with Gasteiger partial charge in [-0.2, -0.15) is 12.6 Å². The van der Waals surface area contributed by atoms with E-state index in [0.717, 1.165) is 5.56 Å². The fourth-order valence-electron chi connectivity index (χ4n) is 1.69. The molecule has 1 aromatic rings. The van der Waals surface area contributed by atoms with Crippen molar-refractivity contribution in [3.05, 3.63) is 35.9 Å². The normalized spacial score (nSPS) is 13.1. The number of amides is 1. The van der Waals surface area contributed by atoms with E-state index in [-0.39, 0.29) is 17.8 Å². The monoisotopic (exact) mass is 267 g/mol. The Morgan fingerprint density at radius 2 is 2.00 bits per heavy atom. The summed E-state index contributed by atoms with van der Waals surface area (Å²) in [5, 5.41) is 11.5. The summed E-state index contributed by atoms with van der Waals surface area (Å²) in [7, 11) is 0. The molecule has 0 bridgehead atoms. The molecule has 4 heteroatoms. The maximum atomic E-state index is 12.0. The zero-order chi connectivity index (χ0) is 13.6. The summed E-state index contributed by atoms with van der Waals surface area (Å²) in [5.41, 5.74) is 0.691. The van der Waals surface area contributed by atoms with Gasteiger partial charge in [-0.15, -0.1) is 0 Å². The maximum Gasteiger partial charge on any atom is 0.233 e. The summed E-state index contributed by atoms with van der Waals surface area (Å²) >= 11 is 4.34.